The zero-order chi connectivity index (χ0) is 8.97. The predicted octanol–water partition coefficient (Wildman–Crippen LogP) is 2.57. The first-order valence-electron chi connectivity index (χ1n) is 4.31. The molecule has 2 heteroatoms. The zero-order valence-electron chi connectivity index (χ0n) is 7.87. The number of hydrogen-bond acceptors (Lipinski definition) is 2. The highest BCUT2D eigenvalue weighted by atomic mass is 16.5. The van der Waals surface area contributed by atoms with Crippen LogP contribution in [0.2, 0.25) is 0 Å². The van der Waals surface area contributed by atoms with E-state index in [2.05, 4.69) is 11.9 Å². The molecule has 0 aromatic carbocycles. The fraction of sp³-hybridized carbons (Fsp3) is 0.500. The van der Waals surface area contributed by atoms with Crippen molar-refractivity contribution in [3.8, 4) is 5.88 Å². The van der Waals surface area contributed by atoms with Gasteiger partial charge in [-0.05, 0) is 31.9 Å². The van der Waals surface area contributed by atoms with Crippen LogP contribution >= 0.6 is 0 Å². The molecular weight excluding hydrogens is 150 g/mol. The average Bonchev–Trinajstić information content (AvgIpc) is 2.04. The second kappa shape index (κ2) is 4.10. The third-order valence-electron chi connectivity index (χ3n) is 1.79. The summed E-state index contributed by atoms with van der Waals surface area (Å²) >= 11 is 0. The molecule has 0 N–H and O–H groups in total. The molecule has 0 bridgehead atoms. The summed E-state index contributed by atoms with van der Waals surface area (Å²) in [6.45, 7) is 6.18. The van der Waals surface area contributed by atoms with Crippen LogP contribution < -0.4 is 4.74 Å². The van der Waals surface area contributed by atoms with Crippen molar-refractivity contribution in [3.05, 3.63) is 23.9 Å². The standard InChI is InChI=1S/C10H15NO/c1-4-9(3)12-10-7-8(2)5-6-11-10/h5-7,9H,4H2,1-3H3. The highest BCUT2D eigenvalue weighted by molar-refractivity contribution is 5.18. The van der Waals surface area contributed by atoms with Gasteiger partial charge in [0, 0.05) is 12.3 Å². The molecule has 1 aromatic heterocycles. The van der Waals surface area contributed by atoms with Gasteiger partial charge in [-0.2, -0.15) is 0 Å². The monoisotopic (exact) mass is 165 g/mol. The van der Waals surface area contributed by atoms with E-state index < -0.39 is 0 Å². The van der Waals surface area contributed by atoms with Gasteiger partial charge in [-0.25, -0.2) is 4.98 Å². The summed E-state index contributed by atoms with van der Waals surface area (Å²) in [6.07, 6.45) is 3.03. The van der Waals surface area contributed by atoms with Gasteiger partial charge in [-0.1, -0.05) is 6.92 Å². The average molecular weight is 165 g/mol. The zero-order valence-corrected chi connectivity index (χ0v) is 7.87. The molecule has 1 aromatic rings. The number of aryl methyl sites for hydroxylation is 1. The quantitative estimate of drug-likeness (QED) is 0.686. The van der Waals surface area contributed by atoms with Crippen molar-refractivity contribution in [1.29, 1.82) is 0 Å². The Morgan fingerprint density at radius 1 is 1.58 bits per heavy atom. The molecule has 1 atom stereocenters. The van der Waals surface area contributed by atoms with Crippen molar-refractivity contribution in [1.82, 2.24) is 4.98 Å². The lowest BCUT2D eigenvalue weighted by atomic mass is 10.3. The molecule has 1 unspecified atom stereocenters. The van der Waals surface area contributed by atoms with Gasteiger partial charge in [0.15, 0.2) is 0 Å². The summed E-state index contributed by atoms with van der Waals surface area (Å²) < 4.78 is 5.53. The Morgan fingerprint density at radius 2 is 2.33 bits per heavy atom. The first-order valence-corrected chi connectivity index (χ1v) is 4.31. The van der Waals surface area contributed by atoms with E-state index in [0.717, 1.165) is 12.3 Å². The Balaban J connectivity index is 2.63. The van der Waals surface area contributed by atoms with Gasteiger partial charge in [0.25, 0.3) is 0 Å². The third kappa shape index (κ3) is 2.53. The second-order valence-electron chi connectivity index (χ2n) is 3.01. The SMILES string of the molecule is CCC(C)Oc1cc(C)ccn1. The molecule has 1 rings (SSSR count). The van der Waals surface area contributed by atoms with E-state index in [1.165, 1.54) is 5.56 Å². The van der Waals surface area contributed by atoms with Gasteiger partial charge in [-0.3, -0.25) is 0 Å². The topological polar surface area (TPSA) is 22.1 Å². The Morgan fingerprint density at radius 3 is 2.92 bits per heavy atom. The van der Waals surface area contributed by atoms with Crippen molar-refractivity contribution in [2.24, 2.45) is 0 Å². The van der Waals surface area contributed by atoms with E-state index in [4.69, 9.17) is 4.74 Å². The van der Waals surface area contributed by atoms with Crippen LogP contribution in [-0.2, 0) is 0 Å². The van der Waals surface area contributed by atoms with Crippen LogP contribution in [0.3, 0.4) is 0 Å². The lowest BCUT2D eigenvalue weighted by Gasteiger charge is -2.11. The highest BCUT2D eigenvalue weighted by Crippen LogP contribution is 2.10. The van der Waals surface area contributed by atoms with Crippen molar-refractivity contribution in [2.75, 3.05) is 0 Å². The first-order chi connectivity index (χ1) is 5.72. The highest BCUT2D eigenvalue weighted by Gasteiger charge is 2.00. The Labute approximate surface area is 73.6 Å². The number of rotatable bonds is 3. The van der Waals surface area contributed by atoms with Gasteiger partial charge in [0.1, 0.15) is 0 Å². The minimum Gasteiger partial charge on any atom is -0.475 e. The van der Waals surface area contributed by atoms with E-state index in [-0.39, 0.29) is 6.10 Å². The van der Waals surface area contributed by atoms with Crippen LogP contribution in [0.5, 0.6) is 5.88 Å². The van der Waals surface area contributed by atoms with Gasteiger partial charge in [0.2, 0.25) is 5.88 Å². The summed E-state index contributed by atoms with van der Waals surface area (Å²) in [4.78, 5) is 4.11. The van der Waals surface area contributed by atoms with E-state index in [1.807, 2.05) is 26.0 Å². The van der Waals surface area contributed by atoms with E-state index in [1.54, 1.807) is 6.20 Å². The molecule has 0 saturated carbocycles. The van der Waals surface area contributed by atoms with Crippen LogP contribution in [0, 0.1) is 6.92 Å². The Hall–Kier alpha value is -1.05. The maximum atomic E-state index is 5.53. The molecule has 0 amide bonds. The van der Waals surface area contributed by atoms with Crippen LogP contribution in [0.15, 0.2) is 18.3 Å². The van der Waals surface area contributed by atoms with E-state index in [9.17, 15) is 0 Å². The lowest BCUT2D eigenvalue weighted by Crippen LogP contribution is -2.10. The molecule has 0 saturated heterocycles. The second-order valence-corrected chi connectivity index (χ2v) is 3.01. The molecule has 0 radical (unpaired) electrons. The molecule has 0 aliphatic heterocycles. The predicted molar refractivity (Wildman–Crippen MR) is 49.4 cm³/mol. The lowest BCUT2D eigenvalue weighted by molar-refractivity contribution is 0.208. The number of ether oxygens (including phenoxy) is 1. The maximum absolute atomic E-state index is 5.53. The minimum absolute atomic E-state index is 0.249. The van der Waals surface area contributed by atoms with Crippen molar-refractivity contribution in [3.63, 3.8) is 0 Å². The van der Waals surface area contributed by atoms with Gasteiger partial charge < -0.3 is 4.74 Å². The normalized spacial score (nSPS) is 12.6. The van der Waals surface area contributed by atoms with Gasteiger partial charge >= 0.3 is 0 Å². The Kier molecular flexibility index (Phi) is 3.09. The van der Waals surface area contributed by atoms with Gasteiger partial charge in [0.05, 0.1) is 6.10 Å². The summed E-state index contributed by atoms with van der Waals surface area (Å²) in [5.41, 5.74) is 1.18. The molecular formula is C10H15NO. The number of pyridine rings is 1. The summed E-state index contributed by atoms with van der Waals surface area (Å²) in [7, 11) is 0. The summed E-state index contributed by atoms with van der Waals surface area (Å²) in [5, 5.41) is 0. The molecule has 2 nitrogen and oxygen atoms in total. The number of hydrogen-bond donors (Lipinski definition) is 0. The number of nitrogens with zero attached hydrogens (tertiary/aromatic N) is 1. The summed E-state index contributed by atoms with van der Waals surface area (Å²) in [6, 6.07) is 3.91. The first kappa shape index (κ1) is 9.04. The number of aromatic nitrogens is 1. The molecule has 66 valence electrons. The van der Waals surface area contributed by atoms with E-state index >= 15 is 0 Å². The molecule has 1 heterocycles. The molecule has 0 aliphatic carbocycles. The smallest absolute Gasteiger partial charge is 0.213 e. The van der Waals surface area contributed by atoms with Crippen molar-refractivity contribution < 1.29 is 4.74 Å². The fourth-order valence-corrected chi connectivity index (χ4v) is 0.862. The van der Waals surface area contributed by atoms with Gasteiger partial charge in [-0.15, -0.1) is 0 Å². The molecule has 12 heavy (non-hydrogen) atoms. The maximum Gasteiger partial charge on any atom is 0.213 e. The fourth-order valence-electron chi connectivity index (χ4n) is 0.862. The molecule has 0 spiro atoms. The van der Waals surface area contributed by atoms with Crippen molar-refractivity contribution in [2.45, 2.75) is 33.3 Å². The van der Waals surface area contributed by atoms with Crippen LogP contribution in [0.25, 0.3) is 0 Å². The van der Waals surface area contributed by atoms with Crippen LogP contribution in [-0.4, -0.2) is 11.1 Å². The summed E-state index contributed by atoms with van der Waals surface area (Å²) in [5.74, 6) is 0.726. The van der Waals surface area contributed by atoms with Crippen molar-refractivity contribution >= 4 is 0 Å². The Bertz CT molecular complexity index is 247. The third-order valence-corrected chi connectivity index (χ3v) is 1.79. The molecule has 0 fully saturated rings. The van der Waals surface area contributed by atoms with Crippen LogP contribution in [0.4, 0.5) is 0 Å². The van der Waals surface area contributed by atoms with E-state index in [0.29, 0.717) is 0 Å². The largest absolute Gasteiger partial charge is 0.475 e. The van der Waals surface area contributed by atoms with Crippen LogP contribution in [0.1, 0.15) is 25.8 Å². The minimum atomic E-state index is 0.249. The molecule has 0 aliphatic rings.